The van der Waals surface area contributed by atoms with Crippen LogP contribution in [0.3, 0.4) is 0 Å². The summed E-state index contributed by atoms with van der Waals surface area (Å²) in [7, 11) is 0. The summed E-state index contributed by atoms with van der Waals surface area (Å²) in [4.78, 5) is 0. The van der Waals surface area contributed by atoms with E-state index in [1.54, 1.807) is 0 Å². The Balaban J connectivity index is 2.11. The van der Waals surface area contributed by atoms with Crippen LogP contribution in [-0.2, 0) is 0 Å². The quantitative estimate of drug-likeness (QED) is 0.640. The monoisotopic (exact) mass is 141 g/mol. The maximum absolute atomic E-state index is 5.95. The second kappa shape index (κ2) is 3.38. The van der Waals surface area contributed by atoms with E-state index in [1.807, 2.05) is 0 Å². The van der Waals surface area contributed by atoms with Gasteiger partial charge in [0.25, 0.3) is 0 Å². The molecule has 2 N–H and O–H groups in total. The van der Waals surface area contributed by atoms with Crippen LogP contribution in [0.25, 0.3) is 0 Å². The van der Waals surface area contributed by atoms with E-state index in [-0.39, 0.29) is 0 Å². The molecule has 1 heteroatoms. The molecule has 0 amide bonds. The van der Waals surface area contributed by atoms with Crippen LogP contribution in [0.2, 0.25) is 0 Å². The Labute approximate surface area is 64.0 Å². The first-order valence-electron chi connectivity index (χ1n) is 4.49. The Bertz CT molecular complexity index is 92.1. The summed E-state index contributed by atoms with van der Waals surface area (Å²) in [6.07, 6.45) is 5.21. The molecule has 10 heavy (non-hydrogen) atoms. The van der Waals surface area contributed by atoms with Crippen molar-refractivity contribution in [2.75, 3.05) is 0 Å². The van der Waals surface area contributed by atoms with Gasteiger partial charge in [0.15, 0.2) is 0 Å². The first-order valence-corrected chi connectivity index (χ1v) is 4.49. The van der Waals surface area contributed by atoms with Gasteiger partial charge in [-0.15, -0.1) is 0 Å². The predicted octanol–water partition coefficient (Wildman–Crippen LogP) is 2.16. The summed E-state index contributed by atoms with van der Waals surface area (Å²) < 4.78 is 0. The van der Waals surface area contributed by atoms with Gasteiger partial charge in [0.1, 0.15) is 0 Å². The van der Waals surface area contributed by atoms with Gasteiger partial charge < -0.3 is 5.73 Å². The van der Waals surface area contributed by atoms with Crippen molar-refractivity contribution in [3.8, 4) is 0 Å². The van der Waals surface area contributed by atoms with E-state index in [0.717, 1.165) is 11.8 Å². The number of hydrogen-bond acceptors (Lipinski definition) is 1. The van der Waals surface area contributed by atoms with Gasteiger partial charge in [0, 0.05) is 6.04 Å². The normalized spacial score (nSPS) is 35.1. The lowest BCUT2D eigenvalue weighted by molar-refractivity contribution is 0.171. The van der Waals surface area contributed by atoms with Crippen molar-refractivity contribution in [2.24, 2.45) is 17.6 Å². The van der Waals surface area contributed by atoms with Crippen LogP contribution in [0.1, 0.15) is 39.5 Å². The topological polar surface area (TPSA) is 26.0 Å². The summed E-state index contributed by atoms with van der Waals surface area (Å²) in [5.74, 6) is 1.81. The van der Waals surface area contributed by atoms with Gasteiger partial charge in [-0.25, -0.2) is 0 Å². The van der Waals surface area contributed by atoms with Crippen molar-refractivity contribution in [3.63, 3.8) is 0 Å². The Morgan fingerprint density at radius 2 is 2.10 bits per heavy atom. The van der Waals surface area contributed by atoms with Crippen LogP contribution in [0.4, 0.5) is 0 Å². The Morgan fingerprint density at radius 1 is 1.50 bits per heavy atom. The molecular weight excluding hydrogens is 122 g/mol. The van der Waals surface area contributed by atoms with Crippen molar-refractivity contribution >= 4 is 0 Å². The second-order valence-electron chi connectivity index (χ2n) is 3.79. The van der Waals surface area contributed by atoms with E-state index in [9.17, 15) is 0 Å². The van der Waals surface area contributed by atoms with Gasteiger partial charge in [-0.1, -0.05) is 20.3 Å². The van der Waals surface area contributed by atoms with Crippen LogP contribution in [0, 0.1) is 11.8 Å². The van der Waals surface area contributed by atoms with Gasteiger partial charge >= 0.3 is 0 Å². The van der Waals surface area contributed by atoms with Crippen LogP contribution < -0.4 is 5.73 Å². The molecule has 0 spiro atoms. The van der Waals surface area contributed by atoms with Gasteiger partial charge in [0.05, 0.1) is 0 Å². The van der Waals surface area contributed by atoms with E-state index in [2.05, 4.69) is 13.8 Å². The molecule has 60 valence electrons. The SMILES string of the molecule is CCCC(N)C1CC(C)C1. The fraction of sp³-hybridized carbons (Fsp3) is 1.00. The number of nitrogens with two attached hydrogens (primary N) is 1. The molecule has 1 rings (SSSR count). The molecular formula is C9H19N. The average molecular weight is 141 g/mol. The van der Waals surface area contributed by atoms with Crippen LogP contribution in [0.15, 0.2) is 0 Å². The zero-order chi connectivity index (χ0) is 7.56. The molecule has 0 aliphatic heterocycles. The summed E-state index contributed by atoms with van der Waals surface area (Å²) in [5.41, 5.74) is 5.95. The average Bonchev–Trinajstić information content (AvgIpc) is 1.82. The van der Waals surface area contributed by atoms with Crippen LogP contribution >= 0.6 is 0 Å². The van der Waals surface area contributed by atoms with E-state index in [1.165, 1.54) is 25.7 Å². The van der Waals surface area contributed by atoms with Crippen LogP contribution in [-0.4, -0.2) is 6.04 Å². The first-order chi connectivity index (χ1) is 4.74. The highest BCUT2D eigenvalue weighted by atomic mass is 14.7. The van der Waals surface area contributed by atoms with E-state index in [4.69, 9.17) is 5.73 Å². The molecule has 1 atom stereocenters. The molecule has 1 saturated carbocycles. The highest BCUT2D eigenvalue weighted by molar-refractivity contribution is 4.83. The minimum Gasteiger partial charge on any atom is -0.327 e. The van der Waals surface area contributed by atoms with Crippen molar-refractivity contribution in [2.45, 2.75) is 45.6 Å². The third-order valence-electron chi connectivity index (χ3n) is 2.64. The molecule has 0 aromatic heterocycles. The van der Waals surface area contributed by atoms with Crippen molar-refractivity contribution in [1.82, 2.24) is 0 Å². The second-order valence-corrected chi connectivity index (χ2v) is 3.79. The summed E-state index contributed by atoms with van der Waals surface area (Å²) in [6.45, 7) is 4.52. The maximum Gasteiger partial charge on any atom is 0.00672 e. The van der Waals surface area contributed by atoms with E-state index < -0.39 is 0 Å². The smallest absolute Gasteiger partial charge is 0.00672 e. The molecule has 1 aliphatic rings. The lowest BCUT2D eigenvalue weighted by atomic mass is 9.71. The zero-order valence-corrected chi connectivity index (χ0v) is 7.14. The van der Waals surface area contributed by atoms with Crippen molar-refractivity contribution < 1.29 is 0 Å². The van der Waals surface area contributed by atoms with E-state index in [0.29, 0.717) is 6.04 Å². The van der Waals surface area contributed by atoms with Crippen molar-refractivity contribution in [1.29, 1.82) is 0 Å². The summed E-state index contributed by atoms with van der Waals surface area (Å²) in [5, 5.41) is 0. The molecule has 1 aliphatic carbocycles. The zero-order valence-electron chi connectivity index (χ0n) is 7.14. The van der Waals surface area contributed by atoms with Gasteiger partial charge in [-0.3, -0.25) is 0 Å². The fourth-order valence-electron chi connectivity index (χ4n) is 1.88. The maximum atomic E-state index is 5.95. The highest BCUT2D eigenvalue weighted by Gasteiger charge is 2.29. The third kappa shape index (κ3) is 1.72. The van der Waals surface area contributed by atoms with Gasteiger partial charge in [-0.2, -0.15) is 0 Å². The molecule has 1 unspecified atom stereocenters. The van der Waals surface area contributed by atoms with Gasteiger partial charge in [0.2, 0.25) is 0 Å². The lowest BCUT2D eigenvalue weighted by Crippen LogP contribution is -2.38. The Kier molecular flexibility index (Phi) is 2.72. The van der Waals surface area contributed by atoms with Crippen LogP contribution in [0.5, 0.6) is 0 Å². The minimum atomic E-state index is 0.501. The number of rotatable bonds is 3. The fourth-order valence-corrected chi connectivity index (χ4v) is 1.88. The molecule has 0 radical (unpaired) electrons. The number of hydrogen-bond donors (Lipinski definition) is 1. The van der Waals surface area contributed by atoms with Crippen molar-refractivity contribution in [3.05, 3.63) is 0 Å². The predicted molar refractivity (Wildman–Crippen MR) is 44.8 cm³/mol. The highest BCUT2D eigenvalue weighted by Crippen LogP contribution is 2.35. The van der Waals surface area contributed by atoms with Gasteiger partial charge in [-0.05, 0) is 31.1 Å². The molecule has 0 heterocycles. The largest absolute Gasteiger partial charge is 0.327 e. The Morgan fingerprint density at radius 3 is 2.50 bits per heavy atom. The summed E-state index contributed by atoms with van der Waals surface area (Å²) >= 11 is 0. The third-order valence-corrected chi connectivity index (χ3v) is 2.64. The standard InChI is InChI=1S/C9H19N/c1-3-4-9(10)8-5-7(2)6-8/h7-9H,3-6,10H2,1-2H3. The summed E-state index contributed by atoms with van der Waals surface area (Å²) in [6, 6.07) is 0.501. The first kappa shape index (κ1) is 8.06. The minimum absolute atomic E-state index is 0.501. The molecule has 0 aromatic rings. The molecule has 0 saturated heterocycles. The molecule has 1 nitrogen and oxygen atoms in total. The lowest BCUT2D eigenvalue weighted by Gasteiger charge is -2.36. The van der Waals surface area contributed by atoms with E-state index >= 15 is 0 Å². The molecule has 0 aromatic carbocycles. The molecule has 0 bridgehead atoms. The molecule has 1 fully saturated rings. The Hall–Kier alpha value is -0.0400.